The molecule has 1 heterocycles. The predicted molar refractivity (Wildman–Crippen MR) is 134 cm³/mol. The molecule has 6 nitrogen and oxygen atoms in total. The van der Waals surface area contributed by atoms with Crippen molar-refractivity contribution in [3.63, 3.8) is 0 Å². The molecule has 0 saturated carbocycles. The van der Waals surface area contributed by atoms with Gasteiger partial charge in [-0.3, -0.25) is 4.79 Å². The number of hydrogen-bond donors (Lipinski definition) is 3. The van der Waals surface area contributed by atoms with Crippen LogP contribution in [0.15, 0.2) is 53.7 Å². The molecule has 0 saturated heterocycles. The number of halogens is 1. The van der Waals surface area contributed by atoms with Crippen LogP contribution in [0.5, 0.6) is 11.5 Å². The summed E-state index contributed by atoms with van der Waals surface area (Å²) in [6.07, 6.45) is 0.0133. The highest BCUT2D eigenvalue weighted by Gasteiger charge is 2.31. The quantitative estimate of drug-likeness (QED) is 0.354. The summed E-state index contributed by atoms with van der Waals surface area (Å²) >= 11 is 7.60. The molecule has 0 radical (unpaired) electrons. The molecule has 2 aromatic rings. The first kappa shape index (κ1) is 23.3. The topological polar surface area (TPSA) is 71.6 Å². The molecule has 0 bridgehead atoms. The minimum absolute atomic E-state index is 0.0133. The Morgan fingerprint density at radius 3 is 2.61 bits per heavy atom. The Kier molecular flexibility index (Phi) is 7.77. The smallest absolute Gasteiger partial charge is 0.251 e. The van der Waals surface area contributed by atoms with Crippen molar-refractivity contribution in [1.82, 2.24) is 16.0 Å². The van der Waals surface area contributed by atoms with Crippen molar-refractivity contribution in [1.29, 1.82) is 0 Å². The fourth-order valence-electron chi connectivity index (χ4n) is 3.37. The van der Waals surface area contributed by atoms with E-state index in [0.717, 1.165) is 20.4 Å². The molecule has 0 fully saturated rings. The lowest BCUT2D eigenvalue weighted by molar-refractivity contribution is -0.118. The standard InChI is InChI=1S/C23H26IN3O3S/c1-13(2)30-21-17(24)10-16(11-18(21)29-4)20-19(14(3)26-23(31)27-20)22(28)25-12-15-8-6-5-7-9-15/h5-11,13,20H,12H2,1-4H3,(H,25,28)(H2,26,27,31)/t20-/m0/s1. The van der Waals surface area contributed by atoms with Crippen molar-refractivity contribution in [2.24, 2.45) is 0 Å². The maximum atomic E-state index is 13.2. The number of thiocarbonyl (C=S) groups is 1. The van der Waals surface area contributed by atoms with Gasteiger partial charge >= 0.3 is 0 Å². The van der Waals surface area contributed by atoms with E-state index in [1.54, 1.807) is 7.11 Å². The molecule has 8 heteroatoms. The summed E-state index contributed by atoms with van der Waals surface area (Å²) in [6, 6.07) is 13.3. The Labute approximate surface area is 201 Å². The van der Waals surface area contributed by atoms with Gasteiger partial charge in [0, 0.05) is 12.2 Å². The summed E-state index contributed by atoms with van der Waals surface area (Å²) < 4.78 is 12.4. The minimum atomic E-state index is -0.417. The van der Waals surface area contributed by atoms with E-state index >= 15 is 0 Å². The summed E-state index contributed by atoms with van der Waals surface area (Å²) in [5.74, 6) is 1.14. The Bertz CT molecular complexity index is 1010. The number of amides is 1. The summed E-state index contributed by atoms with van der Waals surface area (Å²) in [6.45, 7) is 6.24. The maximum absolute atomic E-state index is 13.2. The Hall–Kier alpha value is -2.33. The lowest BCUT2D eigenvalue weighted by Crippen LogP contribution is -2.46. The average molecular weight is 551 g/mol. The Balaban J connectivity index is 1.94. The number of ether oxygens (including phenoxy) is 2. The molecule has 1 aliphatic rings. The molecule has 3 N–H and O–H groups in total. The van der Waals surface area contributed by atoms with Crippen LogP contribution in [-0.2, 0) is 11.3 Å². The van der Waals surface area contributed by atoms with Crippen LogP contribution in [0, 0.1) is 3.57 Å². The van der Waals surface area contributed by atoms with Crippen molar-refractivity contribution < 1.29 is 14.3 Å². The van der Waals surface area contributed by atoms with E-state index in [1.807, 2.05) is 63.2 Å². The van der Waals surface area contributed by atoms with Crippen molar-refractivity contribution in [2.45, 2.75) is 39.5 Å². The van der Waals surface area contributed by atoms with Gasteiger partial charge in [-0.15, -0.1) is 0 Å². The van der Waals surface area contributed by atoms with Gasteiger partial charge in [-0.25, -0.2) is 0 Å². The molecule has 1 amide bonds. The number of carbonyl (C=O) groups is 1. The summed E-state index contributed by atoms with van der Waals surface area (Å²) in [4.78, 5) is 13.2. The number of rotatable bonds is 7. The third-order valence-electron chi connectivity index (χ3n) is 4.75. The van der Waals surface area contributed by atoms with E-state index in [1.165, 1.54) is 0 Å². The first-order valence-electron chi connectivity index (χ1n) is 9.94. The van der Waals surface area contributed by atoms with Gasteiger partial charge in [0.15, 0.2) is 16.6 Å². The van der Waals surface area contributed by atoms with Crippen LogP contribution in [0.4, 0.5) is 0 Å². The second kappa shape index (κ2) is 10.3. The number of allylic oxidation sites excluding steroid dienone is 1. The lowest BCUT2D eigenvalue weighted by atomic mass is 9.94. The molecular weight excluding hydrogens is 525 g/mol. The zero-order valence-corrected chi connectivity index (χ0v) is 20.9. The number of hydrogen-bond acceptors (Lipinski definition) is 4. The van der Waals surface area contributed by atoms with E-state index in [0.29, 0.717) is 28.7 Å². The summed E-state index contributed by atoms with van der Waals surface area (Å²) in [5, 5.41) is 9.79. The molecule has 1 atom stereocenters. The maximum Gasteiger partial charge on any atom is 0.251 e. The summed E-state index contributed by atoms with van der Waals surface area (Å²) in [5.41, 5.74) is 3.20. The normalized spacial score (nSPS) is 15.9. The third-order valence-corrected chi connectivity index (χ3v) is 5.77. The zero-order valence-electron chi connectivity index (χ0n) is 17.9. The van der Waals surface area contributed by atoms with Gasteiger partial charge < -0.3 is 25.4 Å². The number of carbonyl (C=O) groups excluding carboxylic acids is 1. The predicted octanol–water partition coefficient (Wildman–Crippen LogP) is 4.20. The third kappa shape index (κ3) is 5.68. The van der Waals surface area contributed by atoms with Crippen LogP contribution < -0.4 is 25.4 Å². The number of nitrogens with one attached hydrogen (secondary N) is 3. The molecule has 0 spiro atoms. The fourth-order valence-corrected chi connectivity index (χ4v) is 4.40. The molecule has 3 rings (SSSR count). The van der Waals surface area contributed by atoms with Gasteiger partial charge in [0.25, 0.3) is 5.91 Å². The highest BCUT2D eigenvalue weighted by atomic mass is 127. The second-order valence-electron chi connectivity index (χ2n) is 7.44. The number of benzene rings is 2. The Morgan fingerprint density at radius 2 is 1.97 bits per heavy atom. The molecule has 0 unspecified atom stereocenters. The van der Waals surface area contributed by atoms with E-state index in [2.05, 4.69) is 38.5 Å². The van der Waals surface area contributed by atoms with Gasteiger partial charge in [-0.05, 0) is 78.8 Å². The van der Waals surface area contributed by atoms with Crippen LogP contribution in [-0.4, -0.2) is 24.2 Å². The number of methoxy groups -OCH3 is 1. The summed E-state index contributed by atoms with van der Waals surface area (Å²) in [7, 11) is 1.61. The van der Waals surface area contributed by atoms with E-state index in [-0.39, 0.29) is 12.0 Å². The molecular formula is C23H26IN3O3S. The Morgan fingerprint density at radius 1 is 1.26 bits per heavy atom. The largest absolute Gasteiger partial charge is 0.493 e. The van der Waals surface area contributed by atoms with Crippen molar-refractivity contribution in [3.05, 3.63) is 68.4 Å². The SMILES string of the molecule is COc1cc([C@@H]2NC(=S)NC(C)=C2C(=O)NCc2ccccc2)cc(I)c1OC(C)C. The van der Waals surface area contributed by atoms with E-state index < -0.39 is 6.04 Å². The minimum Gasteiger partial charge on any atom is -0.493 e. The van der Waals surface area contributed by atoms with Crippen molar-refractivity contribution >= 4 is 45.8 Å². The van der Waals surface area contributed by atoms with Crippen molar-refractivity contribution in [2.75, 3.05) is 7.11 Å². The zero-order chi connectivity index (χ0) is 22.5. The van der Waals surface area contributed by atoms with Crippen LogP contribution in [0.1, 0.15) is 37.9 Å². The highest BCUT2D eigenvalue weighted by molar-refractivity contribution is 14.1. The molecule has 1 aliphatic heterocycles. The van der Waals surface area contributed by atoms with E-state index in [9.17, 15) is 4.79 Å². The first-order chi connectivity index (χ1) is 14.8. The molecule has 31 heavy (non-hydrogen) atoms. The fraction of sp³-hybridized carbons (Fsp3) is 0.304. The first-order valence-corrected chi connectivity index (χ1v) is 11.4. The monoisotopic (exact) mass is 551 g/mol. The average Bonchev–Trinajstić information content (AvgIpc) is 2.73. The van der Waals surface area contributed by atoms with Gasteiger partial charge in [0.1, 0.15) is 0 Å². The van der Waals surface area contributed by atoms with Crippen LogP contribution in [0.2, 0.25) is 0 Å². The van der Waals surface area contributed by atoms with Crippen molar-refractivity contribution in [3.8, 4) is 11.5 Å². The molecule has 0 aliphatic carbocycles. The molecule has 2 aromatic carbocycles. The van der Waals surface area contributed by atoms with Crippen LogP contribution >= 0.6 is 34.8 Å². The van der Waals surface area contributed by atoms with E-state index in [4.69, 9.17) is 21.7 Å². The van der Waals surface area contributed by atoms with Crippen LogP contribution in [0.25, 0.3) is 0 Å². The van der Waals surface area contributed by atoms with Gasteiger partial charge in [-0.1, -0.05) is 30.3 Å². The molecule has 164 valence electrons. The molecule has 0 aromatic heterocycles. The lowest BCUT2D eigenvalue weighted by Gasteiger charge is -2.31. The second-order valence-corrected chi connectivity index (χ2v) is 9.01. The highest BCUT2D eigenvalue weighted by Crippen LogP contribution is 2.38. The van der Waals surface area contributed by atoms with Crippen LogP contribution in [0.3, 0.4) is 0 Å². The van der Waals surface area contributed by atoms with Gasteiger partial charge in [-0.2, -0.15) is 0 Å². The van der Waals surface area contributed by atoms with Gasteiger partial charge in [0.2, 0.25) is 0 Å². The van der Waals surface area contributed by atoms with Gasteiger partial charge in [0.05, 0.1) is 28.4 Å².